The van der Waals surface area contributed by atoms with Crippen molar-refractivity contribution in [1.82, 2.24) is 9.88 Å². The zero-order chi connectivity index (χ0) is 15.9. The summed E-state index contributed by atoms with van der Waals surface area (Å²) in [6.45, 7) is 3.69. The van der Waals surface area contributed by atoms with Crippen LogP contribution in [0.1, 0.15) is 24.2 Å². The molecule has 1 aromatic carbocycles. The lowest BCUT2D eigenvalue weighted by molar-refractivity contribution is 0.113. The van der Waals surface area contributed by atoms with E-state index in [1.807, 2.05) is 24.0 Å². The maximum atomic E-state index is 13.7. The van der Waals surface area contributed by atoms with E-state index in [1.165, 1.54) is 0 Å². The minimum Gasteiger partial charge on any atom is -0.387 e. The molecule has 0 bridgehead atoms. The summed E-state index contributed by atoms with van der Waals surface area (Å²) in [5.74, 6) is -1.13. The molecule has 1 aromatic heterocycles. The molecule has 1 unspecified atom stereocenters. The van der Waals surface area contributed by atoms with E-state index in [-0.39, 0.29) is 12.1 Å². The van der Waals surface area contributed by atoms with Crippen LogP contribution in [0.5, 0.6) is 0 Å². The van der Waals surface area contributed by atoms with Gasteiger partial charge in [0.05, 0.1) is 6.10 Å². The van der Waals surface area contributed by atoms with Crippen molar-refractivity contribution in [3.05, 3.63) is 65.5 Å². The van der Waals surface area contributed by atoms with Gasteiger partial charge in [0.15, 0.2) is 0 Å². The van der Waals surface area contributed by atoms with Crippen LogP contribution in [0.25, 0.3) is 0 Å². The summed E-state index contributed by atoms with van der Waals surface area (Å²) in [7, 11) is 0. The second-order valence-electron chi connectivity index (χ2n) is 5.18. The first-order valence-electron chi connectivity index (χ1n) is 7.34. The smallest absolute Gasteiger partial charge is 0.129 e. The van der Waals surface area contributed by atoms with Crippen LogP contribution in [0.4, 0.5) is 8.78 Å². The van der Waals surface area contributed by atoms with Gasteiger partial charge in [0.1, 0.15) is 11.6 Å². The monoisotopic (exact) mass is 306 g/mol. The number of hydrogen-bond acceptors (Lipinski definition) is 3. The Balaban J connectivity index is 1.95. The molecular formula is C17H20F2N2O. The van der Waals surface area contributed by atoms with Crippen molar-refractivity contribution in [1.29, 1.82) is 0 Å². The Morgan fingerprint density at radius 2 is 1.91 bits per heavy atom. The molecule has 0 aliphatic heterocycles. The van der Waals surface area contributed by atoms with Gasteiger partial charge < -0.3 is 10.0 Å². The summed E-state index contributed by atoms with van der Waals surface area (Å²) in [4.78, 5) is 5.98. The molecule has 0 radical (unpaired) electrons. The number of rotatable bonds is 7. The zero-order valence-corrected chi connectivity index (χ0v) is 12.5. The molecule has 118 valence electrons. The van der Waals surface area contributed by atoms with E-state index >= 15 is 0 Å². The van der Waals surface area contributed by atoms with Gasteiger partial charge in [0.2, 0.25) is 0 Å². The number of nitrogens with zero attached hydrogens (tertiary/aromatic N) is 2. The first-order valence-corrected chi connectivity index (χ1v) is 7.34. The molecular weight excluding hydrogens is 286 g/mol. The number of aromatic nitrogens is 1. The van der Waals surface area contributed by atoms with Crippen molar-refractivity contribution in [2.45, 2.75) is 19.4 Å². The highest BCUT2D eigenvalue weighted by Gasteiger charge is 2.17. The van der Waals surface area contributed by atoms with Gasteiger partial charge in [-0.3, -0.25) is 4.98 Å². The van der Waals surface area contributed by atoms with Gasteiger partial charge in [-0.25, -0.2) is 8.78 Å². The summed E-state index contributed by atoms with van der Waals surface area (Å²) in [5, 5.41) is 10.2. The fourth-order valence-electron chi connectivity index (χ4n) is 2.33. The SMILES string of the molecule is CCN(CCc1ccncc1)CC(O)c1cc(F)ccc1F. The molecule has 0 amide bonds. The lowest BCUT2D eigenvalue weighted by atomic mass is 10.1. The van der Waals surface area contributed by atoms with Crippen molar-refractivity contribution >= 4 is 0 Å². The third kappa shape index (κ3) is 4.58. The van der Waals surface area contributed by atoms with E-state index in [2.05, 4.69) is 4.98 Å². The molecule has 22 heavy (non-hydrogen) atoms. The summed E-state index contributed by atoms with van der Waals surface area (Å²) < 4.78 is 26.9. The number of likely N-dealkylation sites (N-methyl/N-ethyl adjacent to an activating group) is 1. The second-order valence-corrected chi connectivity index (χ2v) is 5.18. The van der Waals surface area contributed by atoms with Gasteiger partial charge in [-0.1, -0.05) is 6.92 Å². The van der Waals surface area contributed by atoms with E-state index in [4.69, 9.17) is 0 Å². The van der Waals surface area contributed by atoms with E-state index in [0.29, 0.717) is 0 Å². The Kier molecular flexibility index (Phi) is 5.98. The van der Waals surface area contributed by atoms with Crippen molar-refractivity contribution in [2.75, 3.05) is 19.6 Å². The molecule has 1 heterocycles. The van der Waals surface area contributed by atoms with Crippen LogP contribution in [0.3, 0.4) is 0 Å². The molecule has 2 rings (SSSR count). The molecule has 1 N–H and O–H groups in total. The highest BCUT2D eigenvalue weighted by molar-refractivity contribution is 5.21. The summed E-state index contributed by atoms with van der Waals surface area (Å²) in [6.07, 6.45) is 3.24. The molecule has 0 saturated carbocycles. The number of halogens is 2. The summed E-state index contributed by atoms with van der Waals surface area (Å²) in [5.41, 5.74) is 1.15. The van der Waals surface area contributed by atoms with Crippen molar-refractivity contribution in [2.24, 2.45) is 0 Å². The third-order valence-corrected chi connectivity index (χ3v) is 3.66. The van der Waals surface area contributed by atoms with Crippen molar-refractivity contribution in [3.8, 4) is 0 Å². The van der Waals surface area contributed by atoms with E-state index < -0.39 is 17.7 Å². The third-order valence-electron chi connectivity index (χ3n) is 3.66. The van der Waals surface area contributed by atoms with Crippen LogP contribution in [-0.2, 0) is 6.42 Å². The molecule has 0 fully saturated rings. The molecule has 3 nitrogen and oxygen atoms in total. The largest absolute Gasteiger partial charge is 0.387 e. The molecule has 5 heteroatoms. The van der Waals surface area contributed by atoms with E-state index in [0.717, 1.165) is 43.3 Å². The molecule has 1 atom stereocenters. The maximum absolute atomic E-state index is 13.7. The van der Waals surface area contributed by atoms with Crippen LogP contribution in [-0.4, -0.2) is 34.6 Å². The second kappa shape index (κ2) is 7.96. The number of benzene rings is 1. The van der Waals surface area contributed by atoms with Gasteiger partial charge in [0, 0.05) is 31.0 Å². The average Bonchev–Trinajstić information content (AvgIpc) is 2.54. The number of aliphatic hydroxyl groups is 1. The van der Waals surface area contributed by atoms with Crippen LogP contribution >= 0.6 is 0 Å². The number of hydrogen-bond donors (Lipinski definition) is 1. The zero-order valence-electron chi connectivity index (χ0n) is 12.5. The van der Waals surface area contributed by atoms with E-state index in [1.54, 1.807) is 12.4 Å². The highest BCUT2D eigenvalue weighted by atomic mass is 19.1. The molecule has 2 aromatic rings. The topological polar surface area (TPSA) is 36.4 Å². The Morgan fingerprint density at radius 1 is 1.18 bits per heavy atom. The fraction of sp³-hybridized carbons (Fsp3) is 0.353. The normalized spacial score (nSPS) is 12.6. The minimum absolute atomic E-state index is 0.00219. The Morgan fingerprint density at radius 3 is 2.59 bits per heavy atom. The summed E-state index contributed by atoms with van der Waals surface area (Å²) >= 11 is 0. The van der Waals surface area contributed by atoms with Crippen LogP contribution in [0.15, 0.2) is 42.7 Å². The standard InChI is InChI=1S/C17H20F2N2O/c1-2-21(10-7-13-5-8-20-9-6-13)12-17(22)15-11-14(18)3-4-16(15)19/h3-6,8-9,11,17,22H,2,7,10,12H2,1H3. The Bertz CT molecular complexity index is 592. The quantitative estimate of drug-likeness (QED) is 0.854. The molecule has 0 aliphatic rings. The predicted octanol–water partition coefficient (Wildman–Crippen LogP) is 2.96. The molecule has 0 spiro atoms. The van der Waals surface area contributed by atoms with Crippen LogP contribution < -0.4 is 0 Å². The average molecular weight is 306 g/mol. The summed E-state index contributed by atoms with van der Waals surface area (Å²) in [6, 6.07) is 7.03. The van der Waals surface area contributed by atoms with Crippen molar-refractivity contribution in [3.63, 3.8) is 0 Å². The molecule has 0 aliphatic carbocycles. The highest BCUT2D eigenvalue weighted by Crippen LogP contribution is 2.19. The molecule has 0 saturated heterocycles. The Hall–Kier alpha value is -1.85. The van der Waals surface area contributed by atoms with Gasteiger partial charge in [-0.05, 0) is 48.9 Å². The maximum Gasteiger partial charge on any atom is 0.129 e. The Labute approximate surface area is 129 Å². The van der Waals surface area contributed by atoms with Gasteiger partial charge in [-0.2, -0.15) is 0 Å². The predicted molar refractivity (Wildman–Crippen MR) is 81.4 cm³/mol. The van der Waals surface area contributed by atoms with Gasteiger partial charge in [0.25, 0.3) is 0 Å². The van der Waals surface area contributed by atoms with Crippen molar-refractivity contribution < 1.29 is 13.9 Å². The first kappa shape index (κ1) is 16.5. The lowest BCUT2D eigenvalue weighted by Gasteiger charge is -2.24. The van der Waals surface area contributed by atoms with E-state index in [9.17, 15) is 13.9 Å². The van der Waals surface area contributed by atoms with Gasteiger partial charge >= 0.3 is 0 Å². The van der Waals surface area contributed by atoms with Crippen LogP contribution in [0, 0.1) is 11.6 Å². The lowest BCUT2D eigenvalue weighted by Crippen LogP contribution is -2.31. The fourth-order valence-corrected chi connectivity index (χ4v) is 2.33. The number of pyridine rings is 1. The minimum atomic E-state index is -1.05. The van der Waals surface area contributed by atoms with Gasteiger partial charge in [-0.15, -0.1) is 0 Å². The van der Waals surface area contributed by atoms with Crippen LogP contribution in [0.2, 0.25) is 0 Å². The first-order chi connectivity index (χ1) is 10.6. The number of aliphatic hydroxyl groups excluding tert-OH is 1.